The van der Waals surface area contributed by atoms with Gasteiger partial charge in [-0.3, -0.25) is 4.79 Å². The SMILES string of the molecule is O=C(Nc1cccc(F)c1)c1nnc([C@@H]2CCCN2C(=O)Nc2cccc(Br)c2)s1. The van der Waals surface area contributed by atoms with Crippen LogP contribution in [0.2, 0.25) is 0 Å². The second-order valence-corrected chi connectivity index (χ2v) is 8.63. The first-order valence-electron chi connectivity index (χ1n) is 9.23. The molecular weight excluding hydrogens is 473 g/mol. The highest BCUT2D eigenvalue weighted by atomic mass is 79.9. The number of urea groups is 1. The van der Waals surface area contributed by atoms with Crippen LogP contribution in [0, 0.1) is 5.82 Å². The lowest BCUT2D eigenvalue weighted by molar-refractivity contribution is 0.102. The molecule has 1 aliphatic rings. The molecule has 0 saturated carbocycles. The topological polar surface area (TPSA) is 87.2 Å². The highest BCUT2D eigenvalue weighted by Gasteiger charge is 2.33. The van der Waals surface area contributed by atoms with E-state index < -0.39 is 11.7 Å². The number of halogens is 2. The molecule has 0 spiro atoms. The van der Waals surface area contributed by atoms with Gasteiger partial charge in [-0.1, -0.05) is 39.4 Å². The smallest absolute Gasteiger partial charge is 0.320 e. The summed E-state index contributed by atoms with van der Waals surface area (Å²) < 4.78 is 14.2. The summed E-state index contributed by atoms with van der Waals surface area (Å²) in [6.45, 7) is 0.592. The maximum atomic E-state index is 13.3. The minimum absolute atomic E-state index is 0.161. The fourth-order valence-corrected chi connectivity index (χ4v) is 4.53. The molecule has 154 valence electrons. The second-order valence-electron chi connectivity index (χ2n) is 6.70. The zero-order valence-electron chi connectivity index (χ0n) is 15.6. The first kappa shape index (κ1) is 20.4. The molecule has 1 saturated heterocycles. The van der Waals surface area contributed by atoms with E-state index in [2.05, 4.69) is 36.8 Å². The Kier molecular flexibility index (Phi) is 6.05. The van der Waals surface area contributed by atoms with Crippen molar-refractivity contribution in [1.82, 2.24) is 15.1 Å². The van der Waals surface area contributed by atoms with Crippen molar-refractivity contribution in [3.8, 4) is 0 Å². The summed E-state index contributed by atoms with van der Waals surface area (Å²) >= 11 is 4.52. The van der Waals surface area contributed by atoms with Crippen molar-refractivity contribution in [2.75, 3.05) is 17.2 Å². The number of anilines is 2. The monoisotopic (exact) mass is 489 g/mol. The van der Waals surface area contributed by atoms with Crippen LogP contribution in [-0.2, 0) is 0 Å². The van der Waals surface area contributed by atoms with Gasteiger partial charge in [0.05, 0.1) is 6.04 Å². The minimum atomic E-state index is -0.465. The molecule has 0 aliphatic carbocycles. The summed E-state index contributed by atoms with van der Waals surface area (Å²) in [6.07, 6.45) is 1.58. The second kappa shape index (κ2) is 8.88. The summed E-state index contributed by atoms with van der Waals surface area (Å²) in [5.41, 5.74) is 1.03. The van der Waals surface area contributed by atoms with E-state index >= 15 is 0 Å². The van der Waals surface area contributed by atoms with Gasteiger partial charge in [0.25, 0.3) is 5.91 Å². The quantitative estimate of drug-likeness (QED) is 0.535. The number of nitrogens with one attached hydrogen (secondary N) is 2. The van der Waals surface area contributed by atoms with Crippen LogP contribution in [0.5, 0.6) is 0 Å². The predicted octanol–water partition coefficient (Wildman–Crippen LogP) is 5.06. The zero-order valence-corrected chi connectivity index (χ0v) is 18.0. The molecule has 0 bridgehead atoms. The molecule has 3 aromatic rings. The van der Waals surface area contributed by atoms with Crippen LogP contribution in [-0.4, -0.2) is 33.6 Å². The van der Waals surface area contributed by atoms with E-state index in [1.807, 2.05) is 24.3 Å². The molecule has 10 heteroatoms. The Morgan fingerprint density at radius 1 is 1.10 bits per heavy atom. The predicted molar refractivity (Wildman–Crippen MR) is 116 cm³/mol. The van der Waals surface area contributed by atoms with Crippen molar-refractivity contribution in [1.29, 1.82) is 0 Å². The van der Waals surface area contributed by atoms with Gasteiger partial charge in [-0.05, 0) is 49.2 Å². The normalized spacial score (nSPS) is 15.8. The van der Waals surface area contributed by atoms with E-state index in [1.165, 1.54) is 18.2 Å². The maximum Gasteiger partial charge on any atom is 0.322 e. The number of hydrogen-bond acceptors (Lipinski definition) is 5. The number of carbonyl (C=O) groups excluding carboxylic acids is 2. The van der Waals surface area contributed by atoms with Gasteiger partial charge in [0.1, 0.15) is 10.8 Å². The first-order valence-corrected chi connectivity index (χ1v) is 10.8. The van der Waals surface area contributed by atoms with E-state index in [1.54, 1.807) is 11.0 Å². The van der Waals surface area contributed by atoms with E-state index in [0.29, 0.717) is 22.9 Å². The summed E-state index contributed by atoms with van der Waals surface area (Å²) in [5.74, 6) is -0.906. The Morgan fingerprint density at radius 3 is 2.63 bits per heavy atom. The van der Waals surface area contributed by atoms with Gasteiger partial charge >= 0.3 is 6.03 Å². The molecule has 4 rings (SSSR count). The Balaban J connectivity index is 1.45. The molecule has 2 heterocycles. The summed E-state index contributed by atoms with van der Waals surface area (Å²) in [7, 11) is 0. The third-order valence-electron chi connectivity index (χ3n) is 4.59. The van der Waals surface area contributed by atoms with Crippen molar-refractivity contribution < 1.29 is 14.0 Å². The molecule has 3 amide bonds. The standard InChI is InChI=1S/C20H17BrFN5O2S/c21-12-4-1-6-14(10-12)24-20(29)27-9-3-8-16(27)18-25-26-19(30-18)17(28)23-15-7-2-5-13(22)11-15/h1-2,4-7,10-11,16H,3,8-9H2,(H,23,28)(H,24,29)/t16-/m0/s1. The highest BCUT2D eigenvalue weighted by molar-refractivity contribution is 9.10. The zero-order chi connectivity index (χ0) is 21.1. The van der Waals surface area contributed by atoms with Gasteiger partial charge < -0.3 is 15.5 Å². The van der Waals surface area contributed by atoms with Crippen LogP contribution in [0.4, 0.5) is 20.6 Å². The molecule has 1 atom stereocenters. The van der Waals surface area contributed by atoms with Crippen LogP contribution < -0.4 is 10.6 Å². The van der Waals surface area contributed by atoms with Crippen molar-refractivity contribution in [2.45, 2.75) is 18.9 Å². The van der Waals surface area contributed by atoms with Gasteiger partial charge in [0, 0.05) is 22.4 Å². The molecule has 30 heavy (non-hydrogen) atoms. The van der Waals surface area contributed by atoms with Crippen LogP contribution in [0.1, 0.15) is 33.7 Å². The summed E-state index contributed by atoms with van der Waals surface area (Å²) in [4.78, 5) is 26.9. The van der Waals surface area contributed by atoms with Crippen LogP contribution in [0.3, 0.4) is 0 Å². The number of carbonyl (C=O) groups is 2. The van der Waals surface area contributed by atoms with Crippen LogP contribution >= 0.6 is 27.3 Å². The van der Waals surface area contributed by atoms with Gasteiger partial charge in [-0.25, -0.2) is 9.18 Å². The summed E-state index contributed by atoms with van der Waals surface area (Å²) in [6, 6.07) is 12.5. The van der Waals surface area contributed by atoms with Gasteiger partial charge in [-0.2, -0.15) is 0 Å². The van der Waals surface area contributed by atoms with Crippen LogP contribution in [0.25, 0.3) is 0 Å². The van der Waals surface area contributed by atoms with E-state index in [9.17, 15) is 14.0 Å². The number of aromatic nitrogens is 2. The van der Waals surface area contributed by atoms with Gasteiger partial charge in [0.2, 0.25) is 5.01 Å². The maximum absolute atomic E-state index is 13.3. The number of nitrogens with zero attached hydrogens (tertiary/aromatic N) is 3. The molecular formula is C20H17BrFN5O2S. The minimum Gasteiger partial charge on any atom is -0.320 e. The molecule has 7 nitrogen and oxygen atoms in total. The Hall–Kier alpha value is -2.85. The number of likely N-dealkylation sites (tertiary alicyclic amines) is 1. The fraction of sp³-hybridized carbons (Fsp3) is 0.200. The number of amides is 3. The third kappa shape index (κ3) is 4.65. The molecule has 2 N–H and O–H groups in total. The fourth-order valence-electron chi connectivity index (χ4n) is 3.24. The Bertz CT molecular complexity index is 1090. The molecule has 0 radical (unpaired) electrons. The first-order chi connectivity index (χ1) is 14.5. The lowest BCUT2D eigenvalue weighted by Gasteiger charge is -2.23. The average molecular weight is 490 g/mol. The van der Waals surface area contributed by atoms with Gasteiger partial charge in [0.15, 0.2) is 0 Å². The van der Waals surface area contributed by atoms with Crippen LogP contribution in [0.15, 0.2) is 53.0 Å². The number of rotatable bonds is 4. The van der Waals surface area contributed by atoms with E-state index in [4.69, 9.17) is 0 Å². The van der Waals surface area contributed by atoms with Gasteiger partial charge in [-0.15, -0.1) is 10.2 Å². The number of hydrogen-bond donors (Lipinski definition) is 2. The largest absolute Gasteiger partial charge is 0.322 e. The Labute approximate surface area is 184 Å². The van der Waals surface area contributed by atoms with Crippen molar-refractivity contribution >= 4 is 50.6 Å². The summed E-state index contributed by atoms with van der Waals surface area (Å²) in [5, 5.41) is 14.4. The molecule has 1 fully saturated rings. The molecule has 1 aliphatic heterocycles. The third-order valence-corrected chi connectivity index (χ3v) is 6.11. The van der Waals surface area contributed by atoms with Crippen molar-refractivity contribution in [3.63, 3.8) is 0 Å². The molecule has 1 aromatic heterocycles. The molecule has 2 aromatic carbocycles. The Morgan fingerprint density at radius 2 is 1.87 bits per heavy atom. The van der Waals surface area contributed by atoms with E-state index in [-0.39, 0.29) is 17.1 Å². The lowest BCUT2D eigenvalue weighted by Crippen LogP contribution is -2.34. The average Bonchev–Trinajstić information content (AvgIpc) is 3.37. The van der Waals surface area contributed by atoms with Crippen molar-refractivity contribution in [3.05, 3.63) is 68.8 Å². The molecule has 0 unspecified atom stereocenters. The van der Waals surface area contributed by atoms with Crippen molar-refractivity contribution in [2.24, 2.45) is 0 Å². The van der Waals surface area contributed by atoms with E-state index in [0.717, 1.165) is 28.7 Å². The number of benzene rings is 2. The highest BCUT2D eigenvalue weighted by Crippen LogP contribution is 2.34. The lowest BCUT2D eigenvalue weighted by atomic mass is 10.2.